The van der Waals surface area contributed by atoms with Gasteiger partial charge in [-0.2, -0.15) is 0 Å². The smallest absolute Gasteiger partial charge is 0.338 e. The predicted molar refractivity (Wildman–Crippen MR) is 125 cm³/mol. The van der Waals surface area contributed by atoms with Gasteiger partial charge in [0, 0.05) is 18.2 Å². The van der Waals surface area contributed by atoms with Crippen molar-refractivity contribution in [2.45, 2.75) is 16.7 Å². The zero-order valence-electron chi connectivity index (χ0n) is 18.2. The van der Waals surface area contributed by atoms with Gasteiger partial charge in [-0.05, 0) is 48.5 Å². The number of aromatic nitrogens is 1. The molecule has 2 heterocycles. The summed E-state index contributed by atoms with van der Waals surface area (Å²) in [4.78, 5) is 55.3. The van der Waals surface area contributed by atoms with E-state index in [-0.39, 0.29) is 29.6 Å². The van der Waals surface area contributed by atoms with Crippen LogP contribution in [-0.2, 0) is 14.3 Å². The summed E-state index contributed by atoms with van der Waals surface area (Å²) in [5, 5.41) is 0.103. The lowest BCUT2D eigenvalue weighted by atomic mass is 10.1. The number of thioether (sulfide) groups is 1. The van der Waals surface area contributed by atoms with Gasteiger partial charge in [0.05, 0.1) is 28.6 Å². The van der Waals surface area contributed by atoms with Crippen molar-refractivity contribution in [2.24, 2.45) is 0 Å². The summed E-state index contributed by atoms with van der Waals surface area (Å²) in [6.45, 7) is -0.427. The summed E-state index contributed by atoms with van der Waals surface area (Å²) in [5.74, 6) is -1.18. The average Bonchev–Trinajstić information content (AvgIpc) is 3.15. The molecule has 1 unspecified atom stereocenters. The van der Waals surface area contributed by atoms with E-state index in [1.807, 2.05) is 6.07 Å². The monoisotopic (exact) mass is 476 g/mol. The molecule has 2 amide bonds. The number of carbonyl (C=O) groups excluding carboxylic acids is 4. The number of carbonyl (C=O) groups is 4. The number of pyridine rings is 1. The first-order valence-electron chi connectivity index (χ1n) is 10.3. The molecule has 1 aliphatic rings. The fourth-order valence-corrected chi connectivity index (χ4v) is 4.37. The summed E-state index contributed by atoms with van der Waals surface area (Å²) >= 11 is 1.24. The Kier molecular flexibility index (Phi) is 7.03. The highest BCUT2D eigenvalue weighted by Gasteiger charge is 2.40. The van der Waals surface area contributed by atoms with Gasteiger partial charge in [0.15, 0.2) is 12.4 Å². The highest BCUT2D eigenvalue weighted by Crippen LogP contribution is 2.33. The first-order valence-corrected chi connectivity index (χ1v) is 11.2. The van der Waals surface area contributed by atoms with Gasteiger partial charge in [-0.1, -0.05) is 30.0 Å². The van der Waals surface area contributed by atoms with Crippen LogP contribution in [0.2, 0.25) is 0 Å². The Morgan fingerprint density at radius 2 is 1.82 bits per heavy atom. The standard InChI is InChI=1S/C25H20N2O6S/c1-32-19-6-4-5-17(13-19)20(28)15-33-25(31)16-8-10-18(11-9-16)27-23(29)14-21(24(27)30)34-22-7-2-3-12-26-22/h2-13,21H,14-15H2,1H3. The largest absolute Gasteiger partial charge is 0.497 e. The van der Waals surface area contributed by atoms with Crippen LogP contribution in [0.15, 0.2) is 78.0 Å². The number of esters is 1. The molecule has 1 saturated heterocycles. The molecular formula is C25H20N2O6S. The topological polar surface area (TPSA) is 103 Å². The number of Topliss-reactive ketones (excluding diaryl/α,β-unsaturated/α-hetero) is 1. The van der Waals surface area contributed by atoms with Gasteiger partial charge in [-0.25, -0.2) is 14.7 Å². The van der Waals surface area contributed by atoms with E-state index in [1.165, 1.54) is 43.1 Å². The molecule has 0 N–H and O–H groups in total. The van der Waals surface area contributed by atoms with E-state index in [2.05, 4.69) is 4.98 Å². The molecule has 8 nitrogen and oxygen atoms in total. The van der Waals surface area contributed by atoms with Gasteiger partial charge >= 0.3 is 5.97 Å². The highest BCUT2D eigenvalue weighted by atomic mass is 32.2. The quantitative estimate of drug-likeness (QED) is 0.276. The molecule has 0 bridgehead atoms. The second kappa shape index (κ2) is 10.3. The molecule has 1 atom stereocenters. The molecular weight excluding hydrogens is 456 g/mol. The number of nitrogens with zero attached hydrogens (tertiary/aromatic N) is 2. The van der Waals surface area contributed by atoms with Crippen LogP contribution in [-0.4, -0.2) is 47.5 Å². The normalized spacial score (nSPS) is 15.3. The number of imide groups is 1. The van der Waals surface area contributed by atoms with Gasteiger partial charge in [-0.3, -0.25) is 14.4 Å². The van der Waals surface area contributed by atoms with Gasteiger partial charge < -0.3 is 9.47 Å². The van der Waals surface area contributed by atoms with Crippen molar-refractivity contribution >= 4 is 41.0 Å². The molecule has 34 heavy (non-hydrogen) atoms. The first-order chi connectivity index (χ1) is 16.5. The van der Waals surface area contributed by atoms with Crippen LogP contribution >= 0.6 is 11.8 Å². The number of rotatable bonds is 8. The second-order valence-electron chi connectivity index (χ2n) is 7.32. The molecule has 4 rings (SSSR count). The van der Waals surface area contributed by atoms with Gasteiger partial charge in [0.1, 0.15) is 5.75 Å². The van der Waals surface area contributed by atoms with Crippen molar-refractivity contribution in [2.75, 3.05) is 18.6 Å². The fraction of sp³-hybridized carbons (Fsp3) is 0.160. The van der Waals surface area contributed by atoms with E-state index in [0.29, 0.717) is 22.0 Å². The lowest BCUT2D eigenvalue weighted by Gasteiger charge is -2.15. The van der Waals surface area contributed by atoms with Crippen molar-refractivity contribution in [3.8, 4) is 5.75 Å². The Morgan fingerprint density at radius 1 is 1.03 bits per heavy atom. The van der Waals surface area contributed by atoms with E-state index >= 15 is 0 Å². The summed E-state index contributed by atoms with van der Waals surface area (Å²) in [7, 11) is 1.50. The summed E-state index contributed by atoms with van der Waals surface area (Å²) in [5.41, 5.74) is 0.926. The molecule has 9 heteroatoms. The van der Waals surface area contributed by atoms with E-state index < -0.39 is 17.8 Å². The highest BCUT2D eigenvalue weighted by molar-refractivity contribution is 8.00. The minimum atomic E-state index is -0.689. The van der Waals surface area contributed by atoms with Gasteiger partial charge in [0.2, 0.25) is 11.8 Å². The lowest BCUT2D eigenvalue weighted by Crippen LogP contribution is -2.31. The van der Waals surface area contributed by atoms with E-state index in [1.54, 1.807) is 42.6 Å². The Hall–Kier alpha value is -3.98. The van der Waals surface area contributed by atoms with Crippen molar-refractivity contribution in [3.05, 3.63) is 84.1 Å². The van der Waals surface area contributed by atoms with Crippen LogP contribution < -0.4 is 9.64 Å². The van der Waals surface area contributed by atoms with Crippen LogP contribution in [0.25, 0.3) is 0 Å². The molecule has 0 radical (unpaired) electrons. The summed E-state index contributed by atoms with van der Waals surface area (Å²) in [6.07, 6.45) is 1.69. The molecule has 0 saturated carbocycles. The number of anilines is 1. The maximum absolute atomic E-state index is 12.8. The molecule has 2 aromatic carbocycles. The number of methoxy groups -OCH3 is 1. The maximum Gasteiger partial charge on any atom is 0.338 e. The Balaban J connectivity index is 1.37. The number of amides is 2. The van der Waals surface area contributed by atoms with Crippen LogP contribution in [0.3, 0.4) is 0 Å². The first kappa shape index (κ1) is 23.2. The van der Waals surface area contributed by atoms with E-state index in [0.717, 1.165) is 4.90 Å². The molecule has 172 valence electrons. The van der Waals surface area contributed by atoms with Crippen LogP contribution in [0.1, 0.15) is 27.1 Å². The van der Waals surface area contributed by atoms with Crippen molar-refractivity contribution in [1.29, 1.82) is 0 Å². The predicted octanol–water partition coefficient (Wildman–Crippen LogP) is 3.55. The zero-order chi connectivity index (χ0) is 24.1. The minimum absolute atomic E-state index is 0.0657. The van der Waals surface area contributed by atoms with E-state index in [9.17, 15) is 19.2 Å². The Morgan fingerprint density at radius 3 is 2.53 bits per heavy atom. The molecule has 0 aliphatic carbocycles. The molecule has 3 aromatic rings. The van der Waals surface area contributed by atoms with Crippen molar-refractivity contribution in [3.63, 3.8) is 0 Å². The van der Waals surface area contributed by atoms with E-state index in [4.69, 9.17) is 9.47 Å². The third-order valence-electron chi connectivity index (χ3n) is 5.09. The van der Waals surface area contributed by atoms with Crippen LogP contribution in [0.4, 0.5) is 5.69 Å². The van der Waals surface area contributed by atoms with Gasteiger partial charge in [-0.15, -0.1) is 0 Å². The average molecular weight is 477 g/mol. The number of hydrogen-bond acceptors (Lipinski definition) is 8. The molecule has 0 spiro atoms. The van der Waals surface area contributed by atoms with Crippen LogP contribution in [0.5, 0.6) is 5.75 Å². The Bertz CT molecular complexity index is 1230. The summed E-state index contributed by atoms with van der Waals surface area (Å²) < 4.78 is 10.2. The third-order valence-corrected chi connectivity index (χ3v) is 6.23. The van der Waals surface area contributed by atoms with Crippen molar-refractivity contribution < 1.29 is 28.7 Å². The minimum Gasteiger partial charge on any atom is -0.497 e. The maximum atomic E-state index is 12.8. The van der Waals surface area contributed by atoms with Crippen molar-refractivity contribution in [1.82, 2.24) is 4.98 Å². The fourth-order valence-electron chi connectivity index (χ4n) is 3.37. The number of hydrogen-bond donors (Lipinski definition) is 0. The SMILES string of the molecule is COc1cccc(C(=O)COC(=O)c2ccc(N3C(=O)CC(Sc4ccccn4)C3=O)cc2)c1. The number of ether oxygens (including phenoxy) is 2. The number of benzene rings is 2. The van der Waals surface area contributed by atoms with Crippen LogP contribution in [0, 0.1) is 0 Å². The van der Waals surface area contributed by atoms with Gasteiger partial charge in [0.25, 0.3) is 0 Å². The number of ketones is 1. The lowest BCUT2D eigenvalue weighted by molar-refractivity contribution is -0.121. The molecule has 1 fully saturated rings. The zero-order valence-corrected chi connectivity index (χ0v) is 19.0. The molecule has 1 aromatic heterocycles. The third kappa shape index (κ3) is 5.15. The Labute approximate surface area is 199 Å². The second-order valence-corrected chi connectivity index (χ2v) is 8.55. The summed E-state index contributed by atoms with van der Waals surface area (Å²) in [6, 6.07) is 17.8. The molecule has 1 aliphatic heterocycles.